The Bertz CT molecular complexity index is 1070. The number of piperazine rings is 1. The van der Waals surface area contributed by atoms with Gasteiger partial charge in [0.15, 0.2) is 0 Å². The number of aryl methyl sites for hydroxylation is 1. The first-order chi connectivity index (χ1) is 16.3. The molecule has 184 valence electrons. The van der Waals surface area contributed by atoms with E-state index in [9.17, 15) is 13.2 Å². The second kappa shape index (κ2) is 12.3. The van der Waals surface area contributed by atoms with Crippen LogP contribution >= 0.6 is 0 Å². The lowest BCUT2D eigenvalue weighted by Crippen LogP contribution is -2.48. The van der Waals surface area contributed by atoms with Crippen LogP contribution in [0, 0.1) is 6.92 Å². The van der Waals surface area contributed by atoms with Gasteiger partial charge in [-0.3, -0.25) is 14.6 Å². The standard InChI is InChI=1S/C26H36N4O3S/c1-4-30(5-2)34(32,33)24-14-13-22(3)25(20-24)27-26(31)21-29-18-16-28(17-19-29)15-9-12-23-10-7-6-8-11-23/h6-14,20H,4-5,15-19,21H2,1-3H3,(H,27,31)/b12-9+. The maximum Gasteiger partial charge on any atom is 0.243 e. The first-order valence-electron chi connectivity index (χ1n) is 11.9. The van der Waals surface area contributed by atoms with E-state index in [0.29, 0.717) is 25.3 Å². The second-order valence-electron chi connectivity index (χ2n) is 8.50. The summed E-state index contributed by atoms with van der Waals surface area (Å²) in [5, 5.41) is 2.92. The summed E-state index contributed by atoms with van der Waals surface area (Å²) in [4.78, 5) is 17.4. The average Bonchev–Trinajstić information content (AvgIpc) is 2.83. The van der Waals surface area contributed by atoms with Gasteiger partial charge in [-0.1, -0.05) is 62.4 Å². The summed E-state index contributed by atoms with van der Waals surface area (Å²) in [5.74, 6) is -0.127. The molecule has 0 atom stereocenters. The Balaban J connectivity index is 1.51. The van der Waals surface area contributed by atoms with Crippen molar-refractivity contribution in [2.45, 2.75) is 25.7 Å². The summed E-state index contributed by atoms with van der Waals surface area (Å²) in [6, 6.07) is 15.2. The summed E-state index contributed by atoms with van der Waals surface area (Å²) in [7, 11) is -3.57. The topological polar surface area (TPSA) is 73.0 Å². The number of hydrogen-bond acceptors (Lipinski definition) is 5. The van der Waals surface area contributed by atoms with Crippen molar-refractivity contribution in [2.24, 2.45) is 0 Å². The average molecular weight is 485 g/mol. The van der Waals surface area contributed by atoms with Gasteiger partial charge in [0.25, 0.3) is 0 Å². The molecule has 1 heterocycles. The Morgan fingerprint density at radius 1 is 1.00 bits per heavy atom. The van der Waals surface area contributed by atoms with Crippen molar-refractivity contribution in [2.75, 3.05) is 57.7 Å². The molecule has 1 aliphatic heterocycles. The van der Waals surface area contributed by atoms with Crippen LogP contribution in [-0.2, 0) is 14.8 Å². The largest absolute Gasteiger partial charge is 0.325 e. The van der Waals surface area contributed by atoms with Crippen LogP contribution in [-0.4, -0.2) is 80.8 Å². The van der Waals surface area contributed by atoms with Crippen LogP contribution in [0.5, 0.6) is 0 Å². The van der Waals surface area contributed by atoms with Crippen molar-refractivity contribution < 1.29 is 13.2 Å². The summed E-state index contributed by atoms with van der Waals surface area (Å²) in [5.41, 5.74) is 2.58. The first kappa shape index (κ1) is 26.1. The predicted octanol–water partition coefficient (Wildman–Crippen LogP) is 3.30. The highest BCUT2D eigenvalue weighted by atomic mass is 32.2. The number of amides is 1. The van der Waals surface area contributed by atoms with Gasteiger partial charge < -0.3 is 5.32 Å². The minimum absolute atomic E-state index is 0.127. The van der Waals surface area contributed by atoms with Gasteiger partial charge in [0, 0.05) is 51.5 Å². The van der Waals surface area contributed by atoms with Crippen LogP contribution in [0.3, 0.4) is 0 Å². The van der Waals surface area contributed by atoms with Crippen molar-refractivity contribution in [1.82, 2.24) is 14.1 Å². The zero-order chi connectivity index (χ0) is 24.6. The normalized spacial score (nSPS) is 15.8. The van der Waals surface area contributed by atoms with Gasteiger partial charge >= 0.3 is 0 Å². The molecule has 0 aliphatic carbocycles. The highest BCUT2D eigenvalue weighted by Crippen LogP contribution is 2.23. The summed E-state index contributed by atoms with van der Waals surface area (Å²) < 4.78 is 27.1. The minimum atomic E-state index is -3.57. The van der Waals surface area contributed by atoms with E-state index in [4.69, 9.17) is 0 Å². The van der Waals surface area contributed by atoms with Gasteiger partial charge in [-0.25, -0.2) is 8.42 Å². The fraction of sp³-hybridized carbons (Fsp3) is 0.423. The molecule has 2 aromatic rings. The van der Waals surface area contributed by atoms with Gasteiger partial charge in [0.05, 0.1) is 11.4 Å². The van der Waals surface area contributed by atoms with E-state index in [1.165, 1.54) is 9.87 Å². The smallest absolute Gasteiger partial charge is 0.243 e. The number of carbonyl (C=O) groups excluding carboxylic acids is 1. The van der Waals surface area contributed by atoms with Crippen molar-refractivity contribution >= 4 is 27.7 Å². The second-order valence-corrected chi connectivity index (χ2v) is 10.4. The molecule has 8 heteroatoms. The monoisotopic (exact) mass is 484 g/mol. The fourth-order valence-electron chi connectivity index (χ4n) is 4.03. The molecule has 7 nitrogen and oxygen atoms in total. The highest BCUT2D eigenvalue weighted by Gasteiger charge is 2.23. The number of carbonyl (C=O) groups is 1. The number of sulfonamides is 1. The van der Waals surface area contributed by atoms with Gasteiger partial charge in [-0.05, 0) is 30.2 Å². The lowest BCUT2D eigenvalue weighted by Gasteiger charge is -2.33. The minimum Gasteiger partial charge on any atom is -0.325 e. The van der Waals surface area contributed by atoms with E-state index in [0.717, 1.165) is 38.3 Å². The van der Waals surface area contributed by atoms with Crippen LogP contribution in [0.2, 0.25) is 0 Å². The molecule has 34 heavy (non-hydrogen) atoms. The Labute approximate surface area is 204 Å². The molecule has 2 aromatic carbocycles. The lowest BCUT2D eigenvalue weighted by molar-refractivity contribution is -0.117. The zero-order valence-corrected chi connectivity index (χ0v) is 21.2. The predicted molar refractivity (Wildman–Crippen MR) is 138 cm³/mol. The third kappa shape index (κ3) is 6.99. The maximum atomic E-state index is 12.8. The van der Waals surface area contributed by atoms with E-state index in [1.54, 1.807) is 18.2 Å². The quantitative estimate of drug-likeness (QED) is 0.560. The van der Waals surface area contributed by atoms with Crippen molar-refractivity contribution in [3.63, 3.8) is 0 Å². The van der Waals surface area contributed by atoms with Crippen LogP contribution < -0.4 is 5.32 Å². The Kier molecular flexibility index (Phi) is 9.41. The molecule has 1 aliphatic rings. The Morgan fingerprint density at radius 2 is 1.65 bits per heavy atom. The molecule has 0 spiro atoms. The van der Waals surface area contributed by atoms with E-state index >= 15 is 0 Å². The molecule has 0 unspecified atom stereocenters. The van der Waals surface area contributed by atoms with E-state index in [-0.39, 0.29) is 10.8 Å². The SMILES string of the molecule is CCN(CC)S(=O)(=O)c1ccc(C)c(NC(=O)CN2CCN(C/C=C/c3ccccc3)CC2)c1. The number of nitrogens with zero attached hydrogens (tertiary/aromatic N) is 3. The maximum absolute atomic E-state index is 12.8. The molecule has 0 aromatic heterocycles. The van der Waals surface area contributed by atoms with E-state index < -0.39 is 10.0 Å². The van der Waals surface area contributed by atoms with E-state index in [2.05, 4.69) is 39.4 Å². The van der Waals surface area contributed by atoms with Crippen LogP contribution in [0.15, 0.2) is 59.5 Å². The third-order valence-electron chi connectivity index (χ3n) is 6.13. The molecule has 1 saturated heterocycles. The Morgan fingerprint density at radius 3 is 2.29 bits per heavy atom. The zero-order valence-electron chi connectivity index (χ0n) is 20.4. The van der Waals surface area contributed by atoms with Gasteiger partial charge in [0.2, 0.25) is 15.9 Å². The Hall–Kier alpha value is -2.52. The molecule has 1 amide bonds. The van der Waals surface area contributed by atoms with Crippen LogP contribution in [0.4, 0.5) is 5.69 Å². The molecule has 0 saturated carbocycles. The molecule has 1 fully saturated rings. The van der Waals surface area contributed by atoms with Gasteiger partial charge in [-0.15, -0.1) is 0 Å². The summed E-state index contributed by atoms with van der Waals surface area (Å²) in [6.07, 6.45) is 4.32. The van der Waals surface area contributed by atoms with Gasteiger partial charge in [0.1, 0.15) is 0 Å². The number of benzene rings is 2. The summed E-state index contributed by atoms with van der Waals surface area (Å²) >= 11 is 0. The van der Waals surface area contributed by atoms with Crippen molar-refractivity contribution in [3.8, 4) is 0 Å². The molecule has 0 radical (unpaired) electrons. The van der Waals surface area contributed by atoms with Crippen LogP contribution in [0.25, 0.3) is 6.08 Å². The van der Waals surface area contributed by atoms with Crippen molar-refractivity contribution in [1.29, 1.82) is 0 Å². The molecule has 1 N–H and O–H groups in total. The number of hydrogen-bond donors (Lipinski definition) is 1. The molecule has 0 bridgehead atoms. The lowest BCUT2D eigenvalue weighted by atomic mass is 10.2. The molecule has 3 rings (SSSR count). The number of nitrogens with one attached hydrogen (secondary N) is 1. The number of rotatable bonds is 10. The van der Waals surface area contributed by atoms with E-state index in [1.807, 2.05) is 39.0 Å². The third-order valence-corrected chi connectivity index (χ3v) is 8.18. The highest BCUT2D eigenvalue weighted by molar-refractivity contribution is 7.89. The van der Waals surface area contributed by atoms with Gasteiger partial charge in [-0.2, -0.15) is 4.31 Å². The summed E-state index contributed by atoms with van der Waals surface area (Å²) in [6.45, 7) is 10.9. The van der Waals surface area contributed by atoms with Crippen LogP contribution in [0.1, 0.15) is 25.0 Å². The van der Waals surface area contributed by atoms with Crippen molar-refractivity contribution in [3.05, 3.63) is 65.7 Å². The molecular formula is C26H36N4O3S. The fourth-order valence-corrected chi connectivity index (χ4v) is 5.52. The molecular weight excluding hydrogens is 448 g/mol. The first-order valence-corrected chi connectivity index (χ1v) is 13.3. The number of anilines is 1.